The topological polar surface area (TPSA) is 89.9 Å². The maximum absolute atomic E-state index is 12.1. The number of aliphatic hydroxyl groups excluding tert-OH is 1. The Morgan fingerprint density at radius 2 is 2.10 bits per heavy atom. The fraction of sp³-hybridized carbons (Fsp3) is 0.429. The zero-order valence-electron chi connectivity index (χ0n) is 11.7. The Labute approximate surface area is 118 Å². The molecule has 0 bridgehead atoms. The highest BCUT2D eigenvalue weighted by Gasteiger charge is 2.22. The second-order valence-corrected chi connectivity index (χ2v) is 4.44. The van der Waals surface area contributed by atoms with Crippen molar-refractivity contribution < 1.29 is 19.8 Å². The normalized spacial score (nSPS) is 11.8. The van der Waals surface area contributed by atoms with Gasteiger partial charge in [-0.1, -0.05) is 12.1 Å². The monoisotopic (exact) mass is 280 g/mol. The van der Waals surface area contributed by atoms with Crippen molar-refractivity contribution in [2.24, 2.45) is 0 Å². The molecule has 0 saturated heterocycles. The summed E-state index contributed by atoms with van der Waals surface area (Å²) < 4.78 is 0. The van der Waals surface area contributed by atoms with Gasteiger partial charge >= 0.3 is 12.0 Å². The van der Waals surface area contributed by atoms with Gasteiger partial charge in [-0.2, -0.15) is 0 Å². The molecule has 6 heteroatoms. The van der Waals surface area contributed by atoms with Crippen LogP contribution in [0.5, 0.6) is 0 Å². The summed E-state index contributed by atoms with van der Waals surface area (Å²) in [5.41, 5.74) is 1.72. The first-order chi connectivity index (χ1) is 9.49. The molecule has 0 heterocycles. The lowest BCUT2D eigenvalue weighted by Crippen LogP contribution is -2.48. The molecule has 0 aliphatic heterocycles. The van der Waals surface area contributed by atoms with E-state index in [0.717, 1.165) is 5.56 Å². The van der Waals surface area contributed by atoms with Gasteiger partial charge in [-0.05, 0) is 31.5 Å². The van der Waals surface area contributed by atoms with Gasteiger partial charge in [-0.3, -0.25) is 4.90 Å². The predicted molar refractivity (Wildman–Crippen MR) is 75.9 cm³/mol. The highest BCUT2D eigenvalue weighted by molar-refractivity contribution is 5.94. The van der Waals surface area contributed by atoms with Crippen molar-refractivity contribution in [2.45, 2.75) is 26.3 Å². The first kappa shape index (κ1) is 16.0. The standard InChI is InChI=1S/C14H20N2O4/c1-3-16(11-6-4-5-10(2)9-11)14(20)15-12(7-8-17)13(18)19/h4-6,9,12,17H,3,7-8H2,1-2H3,(H,15,20)(H,18,19)/t12-/m1/s1. The number of aliphatic hydroxyl groups is 1. The summed E-state index contributed by atoms with van der Waals surface area (Å²) in [4.78, 5) is 24.6. The zero-order chi connectivity index (χ0) is 15.1. The first-order valence-electron chi connectivity index (χ1n) is 6.48. The number of nitrogens with one attached hydrogen (secondary N) is 1. The number of amides is 2. The van der Waals surface area contributed by atoms with Gasteiger partial charge < -0.3 is 15.5 Å². The molecular weight excluding hydrogens is 260 g/mol. The molecule has 2 amide bonds. The molecule has 0 fully saturated rings. The minimum absolute atomic E-state index is 0.0214. The maximum atomic E-state index is 12.1. The lowest BCUT2D eigenvalue weighted by Gasteiger charge is -2.24. The smallest absolute Gasteiger partial charge is 0.326 e. The Kier molecular flexibility index (Phi) is 5.99. The summed E-state index contributed by atoms with van der Waals surface area (Å²) in [6, 6.07) is 5.82. The van der Waals surface area contributed by atoms with Crippen LogP contribution in [0.25, 0.3) is 0 Å². The molecule has 0 radical (unpaired) electrons. The quantitative estimate of drug-likeness (QED) is 0.734. The lowest BCUT2D eigenvalue weighted by atomic mass is 10.2. The van der Waals surface area contributed by atoms with Gasteiger partial charge in [0, 0.05) is 25.3 Å². The molecule has 6 nitrogen and oxygen atoms in total. The molecular formula is C14H20N2O4. The fourth-order valence-electron chi connectivity index (χ4n) is 1.85. The van der Waals surface area contributed by atoms with Gasteiger partial charge in [0.15, 0.2) is 0 Å². The Morgan fingerprint density at radius 3 is 2.60 bits per heavy atom. The number of carbonyl (C=O) groups excluding carboxylic acids is 1. The molecule has 0 spiro atoms. The molecule has 1 aromatic carbocycles. The molecule has 20 heavy (non-hydrogen) atoms. The molecule has 110 valence electrons. The second kappa shape index (κ2) is 7.49. The molecule has 0 unspecified atom stereocenters. The Hall–Kier alpha value is -2.08. The summed E-state index contributed by atoms with van der Waals surface area (Å²) in [7, 11) is 0. The Balaban J connectivity index is 2.84. The third-order valence-corrected chi connectivity index (χ3v) is 2.89. The number of hydrogen-bond acceptors (Lipinski definition) is 3. The van der Waals surface area contributed by atoms with Crippen molar-refractivity contribution in [3.05, 3.63) is 29.8 Å². The summed E-state index contributed by atoms with van der Waals surface area (Å²) in [5.74, 6) is -1.16. The molecule has 3 N–H and O–H groups in total. The van der Waals surface area contributed by atoms with Gasteiger partial charge in [0.25, 0.3) is 0 Å². The number of aliphatic carboxylic acids is 1. The molecule has 1 rings (SSSR count). The van der Waals surface area contributed by atoms with E-state index in [2.05, 4.69) is 5.32 Å². The zero-order valence-corrected chi connectivity index (χ0v) is 11.7. The molecule has 0 aliphatic rings. The Bertz CT molecular complexity index is 476. The fourth-order valence-corrected chi connectivity index (χ4v) is 1.85. The number of aryl methyl sites for hydroxylation is 1. The van der Waals surface area contributed by atoms with E-state index in [4.69, 9.17) is 10.2 Å². The van der Waals surface area contributed by atoms with Gasteiger partial charge in [0.05, 0.1) is 0 Å². The van der Waals surface area contributed by atoms with Gasteiger partial charge in [-0.25, -0.2) is 9.59 Å². The molecule has 0 aromatic heterocycles. The molecule has 1 atom stereocenters. The van der Waals surface area contributed by atoms with E-state index >= 15 is 0 Å². The average Bonchev–Trinajstić information content (AvgIpc) is 2.39. The average molecular weight is 280 g/mol. The van der Waals surface area contributed by atoms with Gasteiger partial charge in [0.2, 0.25) is 0 Å². The van der Waals surface area contributed by atoms with E-state index < -0.39 is 18.0 Å². The van der Waals surface area contributed by atoms with E-state index in [9.17, 15) is 9.59 Å². The van der Waals surface area contributed by atoms with Crippen LogP contribution >= 0.6 is 0 Å². The number of nitrogens with zero attached hydrogens (tertiary/aromatic N) is 1. The van der Waals surface area contributed by atoms with Crippen LogP contribution in [0.1, 0.15) is 18.9 Å². The SMILES string of the molecule is CCN(C(=O)N[C@H](CCO)C(=O)O)c1cccc(C)c1. The highest BCUT2D eigenvalue weighted by atomic mass is 16.4. The number of carboxylic acid groups (broad SMARTS) is 1. The summed E-state index contributed by atoms with van der Waals surface area (Å²) in [6.45, 7) is 3.85. The van der Waals surface area contributed by atoms with Crippen LogP contribution in [0.2, 0.25) is 0 Å². The number of carbonyl (C=O) groups is 2. The van der Waals surface area contributed by atoms with E-state index in [1.165, 1.54) is 4.90 Å². The third kappa shape index (κ3) is 4.24. The third-order valence-electron chi connectivity index (χ3n) is 2.89. The van der Waals surface area contributed by atoms with Crippen molar-refractivity contribution in [1.29, 1.82) is 0 Å². The summed E-state index contributed by atoms with van der Waals surface area (Å²) in [5, 5.41) is 20.2. The second-order valence-electron chi connectivity index (χ2n) is 4.44. The van der Waals surface area contributed by atoms with Crippen molar-refractivity contribution in [3.63, 3.8) is 0 Å². The van der Waals surface area contributed by atoms with Crippen molar-refractivity contribution in [2.75, 3.05) is 18.1 Å². The van der Waals surface area contributed by atoms with Crippen LogP contribution in [-0.4, -0.2) is 41.4 Å². The van der Waals surface area contributed by atoms with E-state index in [1.54, 1.807) is 6.07 Å². The van der Waals surface area contributed by atoms with Crippen molar-refractivity contribution in [1.82, 2.24) is 5.32 Å². The highest BCUT2D eigenvalue weighted by Crippen LogP contribution is 2.16. The van der Waals surface area contributed by atoms with Gasteiger partial charge in [-0.15, -0.1) is 0 Å². The molecule has 0 aliphatic carbocycles. The van der Waals surface area contributed by atoms with Gasteiger partial charge in [0.1, 0.15) is 6.04 Å². The van der Waals surface area contributed by atoms with Crippen LogP contribution in [0.4, 0.5) is 10.5 Å². The number of anilines is 1. The number of hydrogen-bond donors (Lipinski definition) is 3. The number of urea groups is 1. The number of carboxylic acids is 1. The number of benzene rings is 1. The van der Waals surface area contributed by atoms with E-state index in [-0.39, 0.29) is 13.0 Å². The Morgan fingerprint density at radius 1 is 1.40 bits per heavy atom. The van der Waals surface area contributed by atoms with Crippen LogP contribution in [0.3, 0.4) is 0 Å². The number of rotatable bonds is 6. The largest absolute Gasteiger partial charge is 0.480 e. The van der Waals surface area contributed by atoms with E-state index in [0.29, 0.717) is 12.2 Å². The van der Waals surface area contributed by atoms with Crippen LogP contribution < -0.4 is 10.2 Å². The molecule has 1 aromatic rings. The predicted octanol–water partition coefficient (Wildman–Crippen LogP) is 1.37. The van der Waals surface area contributed by atoms with Crippen LogP contribution in [0.15, 0.2) is 24.3 Å². The van der Waals surface area contributed by atoms with Crippen LogP contribution in [-0.2, 0) is 4.79 Å². The lowest BCUT2D eigenvalue weighted by molar-refractivity contribution is -0.139. The minimum Gasteiger partial charge on any atom is -0.480 e. The molecule has 0 saturated carbocycles. The van der Waals surface area contributed by atoms with Crippen LogP contribution in [0, 0.1) is 6.92 Å². The van der Waals surface area contributed by atoms with Crippen molar-refractivity contribution >= 4 is 17.7 Å². The first-order valence-corrected chi connectivity index (χ1v) is 6.48. The van der Waals surface area contributed by atoms with E-state index in [1.807, 2.05) is 32.0 Å². The maximum Gasteiger partial charge on any atom is 0.326 e. The minimum atomic E-state index is -1.16. The summed E-state index contributed by atoms with van der Waals surface area (Å²) >= 11 is 0. The summed E-state index contributed by atoms with van der Waals surface area (Å²) in [6.07, 6.45) is -0.0214. The van der Waals surface area contributed by atoms with Crippen molar-refractivity contribution in [3.8, 4) is 0 Å².